The van der Waals surface area contributed by atoms with E-state index in [1.54, 1.807) is 52.0 Å². The van der Waals surface area contributed by atoms with Crippen LogP contribution in [0.3, 0.4) is 0 Å². The highest BCUT2D eigenvalue weighted by molar-refractivity contribution is 5.97. The first-order chi connectivity index (χ1) is 9.71. The van der Waals surface area contributed by atoms with Gasteiger partial charge in [0.2, 0.25) is 0 Å². The van der Waals surface area contributed by atoms with Crippen molar-refractivity contribution >= 4 is 11.8 Å². The van der Waals surface area contributed by atoms with Crippen LogP contribution in [0, 0.1) is 11.3 Å². The van der Waals surface area contributed by atoms with Gasteiger partial charge >= 0.3 is 6.09 Å². The van der Waals surface area contributed by atoms with Gasteiger partial charge in [0.05, 0.1) is 23.4 Å². The molecule has 0 saturated heterocycles. The van der Waals surface area contributed by atoms with Gasteiger partial charge in [0.25, 0.3) is 0 Å². The van der Waals surface area contributed by atoms with Gasteiger partial charge in [-0.2, -0.15) is 10.3 Å². The number of benzene rings is 1. The summed E-state index contributed by atoms with van der Waals surface area (Å²) in [4.78, 5) is 15.5. The van der Waals surface area contributed by atoms with Crippen molar-refractivity contribution in [1.82, 2.24) is 0 Å². The second-order valence-corrected chi connectivity index (χ2v) is 5.74. The van der Waals surface area contributed by atoms with E-state index in [1.807, 2.05) is 6.07 Å². The molecular weight excluding hydrogens is 268 g/mol. The lowest BCUT2D eigenvalue weighted by molar-refractivity contribution is 0.0601. The quantitative estimate of drug-likeness (QED) is 0.867. The van der Waals surface area contributed by atoms with Gasteiger partial charge in [-0.05, 0) is 45.4 Å². The Bertz CT molecular complexity index is 561. The lowest BCUT2D eigenvalue weighted by atomic mass is 10.0. The summed E-state index contributed by atoms with van der Waals surface area (Å²) >= 11 is 0. The topological polar surface area (TPSA) is 82.7 Å². The Morgan fingerprint density at radius 2 is 1.95 bits per heavy atom. The van der Waals surface area contributed by atoms with Gasteiger partial charge in [-0.3, -0.25) is 0 Å². The van der Waals surface area contributed by atoms with Gasteiger partial charge < -0.3 is 9.84 Å². The SMILES string of the molecule is CC(O)/C(Cc1ccc(C#N)cc1)=N\C(=O)OC(C)(C)C. The third-order valence-electron chi connectivity index (χ3n) is 2.58. The summed E-state index contributed by atoms with van der Waals surface area (Å²) in [6, 6.07) is 8.94. The van der Waals surface area contributed by atoms with Crippen LogP contribution < -0.4 is 0 Å². The fourth-order valence-corrected chi connectivity index (χ4v) is 1.59. The maximum atomic E-state index is 11.7. The van der Waals surface area contributed by atoms with Crippen molar-refractivity contribution in [3.05, 3.63) is 35.4 Å². The Labute approximate surface area is 124 Å². The normalized spacial score (nSPS) is 13.4. The highest BCUT2D eigenvalue weighted by Crippen LogP contribution is 2.11. The summed E-state index contributed by atoms with van der Waals surface area (Å²) in [5.41, 5.74) is 1.12. The minimum atomic E-state index is -0.854. The van der Waals surface area contributed by atoms with E-state index in [0.29, 0.717) is 17.7 Å². The number of aliphatic hydroxyl groups is 1. The van der Waals surface area contributed by atoms with Crippen molar-refractivity contribution in [3.63, 3.8) is 0 Å². The molecule has 0 heterocycles. The van der Waals surface area contributed by atoms with Crippen molar-refractivity contribution in [2.24, 2.45) is 4.99 Å². The van der Waals surface area contributed by atoms with Crippen molar-refractivity contribution in [1.29, 1.82) is 5.26 Å². The number of hydrogen-bond acceptors (Lipinski definition) is 4. The third kappa shape index (κ3) is 6.19. The van der Waals surface area contributed by atoms with Crippen LogP contribution in [-0.4, -0.2) is 28.6 Å². The predicted octanol–water partition coefficient (Wildman–Crippen LogP) is 2.86. The minimum absolute atomic E-state index is 0.322. The Hall–Kier alpha value is -2.19. The molecule has 21 heavy (non-hydrogen) atoms. The van der Waals surface area contributed by atoms with Gasteiger partial charge in [0, 0.05) is 6.42 Å². The number of aliphatic hydroxyl groups excluding tert-OH is 1. The Morgan fingerprint density at radius 3 is 2.38 bits per heavy atom. The van der Waals surface area contributed by atoms with E-state index >= 15 is 0 Å². The van der Waals surface area contributed by atoms with E-state index in [4.69, 9.17) is 10.00 Å². The summed E-state index contributed by atoms with van der Waals surface area (Å²) in [6.45, 7) is 6.81. The first-order valence-corrected chi connectivity index (χ1v) is 6.69. The molecule has 1 amide bonds. The summed E-state index contributed by atoms with van der Waals surface area (Å²) in [7, 11) is 0. The number of nitrogens with zero attached hydrogens (tertiary/aromatic N) is 2. The fraction of sp³-hybridized carbons (Fsp3) is 0.438. The van der Waals surface area contributed by atoms with E-state index in [2.05, 4.69) is 4.99 Å². The van der Waals surface area contributed by atoms with Gasteiger partial charge in [-0.1, -0.05) is 12.1 Å². The molecule has 1 aromatic rings. The number of rotatable bonds is 3. The maximum absolute atomic E-state index is 11.7. The molecule has 0 aliphatic heterocycles. The largest absolute Gasteiger partial charge is 0.442 e. The highest BCUT2D eigenvalue weighted by Gasteiger charge is 2.18. The van der Waals surface area contributed by atoms with Crippen LogP contribution in [0.4, 0.5) is 4.79 Å². The van der Waals surface area contributed by atoms with E-state index in [-0.39, 0.29) is 0 Å². The number of carbonyl (C=O) groups excluding carboxylic acids is 1. The van der Waals surface area contributed by atoms with Gasteiger partial charge in [-0.25, -0.2) is 4.79 Å². The second kappa shape index (κ2) is 7.00. The molecule has 1 N–H and O–H groups in total. The van der Waals surface area contributed by atoms with Crippen LogP contribution in [0.15, 0.2) is 29.3 Å². The van der Waals surface area contributed by atoms with E-state index in [0.717, 1.165) is 5.56 Å². The molecule has 0 bridgehead atoms. The summed E-state index contributed by atoms with van der Waals surface area (Å²) < 4.78 is 5.11. The van der Waals surface area contributed by atoms with Gasteiger partial charge in [0.1, 0.15) is 5.60 Å². The number of ether oxygens (including phenoxy) is 1. The molecule has 1 aromatic carbocycles. The van der Waals surface area contributed by atoms with Crippen molar-refractivity contribution in [3.8, 4) is 6.07 Å². The number of carbonyl (C=O) groups is 1. The van der Waals surface area contributed by atoms with Crippen molar-refractivity contribution in [2.45, 2.75) is 45.8 Å². The van der Waals surface area contributed by atoms with Crippen LogP contribution >= 0.6 is 0 Å². The number of amides is 1. The van der Waals surface area contributed by atoms with Crippen LogP contribution in [-0.2, 0) is 11.2 Å². The zero-order chi connectivity index (χ0) is 16.0. The molecule has 1 unspecified atom stereocenters. The summed E-state index contributed by atoms with van der Waals surface area (Å²) in [5.74, 6) is 0. The smallest absolute Gasteiger partial charge is 0.434 e. The molecule has 0 fully saturated rings. The Morgan fingerprint density at radius 1 is 1.38 bits per heavy atom. The lowest BCUT2D eigenvalue weighted by Gasteiger charge is -2.18. The van der Waals surface area contributed by atoms with Crippen LogP contribution in [0.5, 0.6) is 0 Å². The standard InChI is InChI=1S/C16H20N2O3/c1-11(19)14(18-15(20)21-16(2,3)4)9-12-5-7-13(10-17)8-6-12/h5-8,11,19H,9H2,1-4H3/b18-14-. The van der Waals surface area contributed by atoms with Crippen molar-refractivity contribution < 1.29 is 14.6 Å². The second-order valence-electron chi connectivity index (χ2n) is 5.74. The molecule has 1 rings (SSSR count). The predicted molar refractivity (Wildman–Crippen MR) is 80.2 cm³/mol. The molecule has 0 aromatic heterocycles. The van der Waals surface area contributed by atoms with E-state index < -0.39 is 17.8 Å². The fourth-order valence-electron chi connectivity index (χ4n) is 1.59. The first-order valence-electron chi connectivity index (χ1n) is 6.69. The van der Waals surface area contributed by atoms with Crippen LogP contribution in [0.2, 0.25) is 0 Å². The number of aliphatic imine (C=N–C) groups is 1. The van der Waals surface area contributed by atoms with E-state index in [1.165, 1.54) is 0 Å². The molecule has 0 aliphatic carbocycles. The van der Waals surface area contributed by atoms with Crippen LogP contribution in [0.25, 0.3) is 0 Å². The number of nitriles is 1. The molecular formula is C16H20N2O3. The first kappa shape index (κ1) is 16.9. The molecule has 0 aliphatic rings. The zero-order valence-corrected chi connectivity index (χ0v) is 12.8. The highest BCUT2D eigenvalue weighted by atomic mass is 16.6. The minimum Gasteiger partial charge on any atom is -0.442 e. The summed E-state index contributed by atoms with van der Waals surface area (Å²) in [6.07, 6.45) is -1.25. The molecule has 0 spiro atoms. The molecule has 0 radical (unpaired) electrons. The van der Waals surface area contributed by atoms with Gasteiger partial charge in [-0.15, -0.1) is 0 Å². The average molecular weight is 288 g/mol. The molecule has 112 valence electrons. The Kier molecular flexibility index (Phi) is 5.62. The Balaban J connectivity index is 2.87. The monoisotopic (exact) mass is 288 g/mol. The van der Waals surface area contributed by atoms with Crippen LogP contribution in [0.1, 0.15) is 38.8 Å². The maximum Gasteiger partial charge on any atom is 0.434 e. The molecule has 5 heteroatoms. The van der Waals surface area contributed by atoms with E-state index in [9.17, 15) is 9.90 Å². The number of hydrogen-bond donors (Lipinski definition) is 1. The summed E-state index contributed by atoms with van der Waals surface area (Å²) in [5, 5.41) is 18.5. The zero-order valence-electron chi connectivity index (χ0n) is 12.8. The van der Waals surface area contributed by atoms with Crippen molar-refractivity contribution in [2.75, 3.05) is 0 Å². The lowest BCUT2D eigenvalue weighted by Crippen LogP contribution is -2.25. The molecule has 0 saturated carbocycles. The molecule has 5 nitrogen and oxygen atoms in total. The van der Waals surface area contributed by atoms with Gasteiger partial charge in [0.15, 0.2) is 0 Å². The third-order valence-corrected chi connectivity index (χ3v) is 2.58. The average Bonchev–Trinajstić information content (AvgIpc) is 2.36. The molecule has 1 atom stereocenters.